The average Bonchev–Trinajstić information content (AvgIpc) is 2.42. The van der Waals surface area contributed by atoms with Gasteiger partial charge in [0.05, 0.1) is 10.8 Å². The van der Waals surface area contributed by atoms with Crippen LogP contribution in [0.15, 0.2) is 52.5 Å². The first-order valence-electron chi connectivity index (χ1n) is 6.75. The zero-order valence-corrected chi connectivity index (χ0v) is 13.2. The van der Waals surface area contributed by atoms with Gasteiger partial charge in [0.2, 0.25) is 0 Å². The molecule has 0 aliphatic rings. The van der Waals surface area contributed by atoms with Gasteiger partial charge in [0.25, 0.3) is 0 Å². The quantitative estimate of drug-likeness (QED) is 0.682. The van der Waals surface area contributed by atoms with E-state index in [1.54, 1.807) is 0 Å². The molecule has 1 unspecified atom stereocenters. The number of allylic oxidation sites excluding steroid dienone is 3. The molecule has 0 aliphatic heterocycles. The van der Waals surface area contributed by atoms with Crippen molar-refractivity contribution in [3.05, 3.63) is 53.1 Å². The highest BCUT2D eigenvalue weighted by atomic mass is 32.2. The second-order valence-electron chi connectivity index (χ2n) is 5.01. The van der Waals surface area contributed by atoms with Crippen LogP contribution in [0, 0.1) is 6.92 Å². The highest BCUT2D eigenvalue weighted by Crippen LogP contribution is 2.13. The van der Waals surface area contributed by atoms with E-state index in [9.17, 15) is 4.21 Å². The summed E-state index contributed by atoms with van der Waals surface area (Å²) in [6.07, 6.45) is 6.41. The van der Waals surface area contributed by atoms with Crippen LogP contribution in [0.5, 0.6) is 0 Å². The first-order valence-corrected chi connectivity index (χ1v) is 8.07. The predicted molar refractivity (Wildman–Crippen MR) is 84.9 cm³/mol. The zero-order chi connectivity index (χ0) is 14.3. The summed E-state index contributed by atoms with van der Waals surface area (Å²) in [6.45, 7) is 8.38. The van der Waals surface area contributed by atoms with E-state index >= 15 is 0 Å². The Kier molecular flexibility index (Phi) is 6.79. The molecule has 1 aromatic rings. The van der Waals surface area contributed by atoms with E-state index in [1.807, 2.05) is 31.2 Å². The van der Waals surface area contributed by atoms with Crippen molar-refractivity contribution in [2.45, 2.75) is 45.4 Å². The molecule has 0 bridgehead atoms. The summed E-state index contributed by atoms with van der Waals surface area (Å²) in [5.41, 5.74) is 3.93. The van der Waals surface area contributed by atoms with Gasteiger partial charge in [-0.2, -0.15) is 0 Å². The molecule has 1 rings (SSSR count). The van der Waals surface area contributed by atoms with Crippen LogP contribution < -0.4 is 0 Å². The van der Waals surface area contributed by atoms with Crippen molar-refractivity contribution < 1.29 is 4.21 Å². The van der Waals surface area contributed by atoms with Gasteiger partial charge >= 0.3 is 0 Å². The number of hydrogen-bond donors (Lipinski definition) is 0. The Balaban J connectivity index is 2.50. The maximum absolute atomic E-state index is 12.1. The van der Waals surface area contributed by atoms with Crippen LogP contribution in [0.1, 0.15) is 39.2 Å². The molecular weight excluding hydrogens is 252 g/mol. The SMILES string of the molecule is CC=C(C)CCC(C)=CCS(=O)c1ccc(C)cc1. The molecule has 1 nitrogen and oxygen atoms in total. The molecule has 0 aliphatic carbocycles. The first kappa shape index (κ1) is 15.9. The third-order valence-electron chi connectivity index (χ3n) is 3.27. The molecule has 0 heterocycles. The van der Waals surface area contributed by atoms with Gasteiger partial charge in [0.1, 0.15) is 0 Å². The standard InChI is InChI=1S/C17H24OS/c1-5-14(2)6-7-16(4)12-13-19(18)17-10-8-15(3)9-11-17/h5,8-12H,6-7,13H2,1-4H3. The molecule has 0 saturated carbocycles. The summed E-state index contributed by atoms with van der Waals surface area (Å²) in [7, 11) is -0.919. The summed E-state index contributed by atoms with van der Waals surface area (Å²) >= 11 is 0. The fourth-order valence-electron chi connectivity index (χ4n) is 1.64. The van der Waals surface area contributed by atoms with Gasteiger partial charge in [0, 0.05) is 10.6 Å². The topological polar surface area (TPSA) is 17.1 Å². The minimum atomic E-state index is -0.919. The van der Waals surface area contributed by atoms with Crippen LogP contribution >= 0.6 is 0 Å². The summed E-state index contributed by atoms with van der Waals surface area (Å²) in [5.74, 6) is 0.615. The van der Waals surface area contributed by atoms with Gasteiger partial charge in [0.15, 0.2) is 0 Å². The van der Waals surface area contributed by atoms with Crippen molar-refractivity contribution in [3.8, 4) is 0 Å². The van der Waals surface area contributed by atoms with E-state index in [0.717, 1.165) is 17.7 Å². The average molecular weight is 276 g/mol. The van der Waals surface area contributed by atoms with Crippen molar-refractivity contribution in [2.75, 3.05) is 5.75 Å². The Morgan fingerprint density at radius 3 is 2.26 bits per heavy atom. The largest absolute Gasteiger partial charge is 0.254 e. The minimum absolute atomic E-state index is 0.615. The molecule has 0 aromatic heterocycles. The third kappa shape index (κ3) is 6.02. The molecular formula is C17H24OS. The van der Waals surface area contributed by atoms with E-state index in [-0.39, 0.29) is 0 Å². The summed E-state index contributed by atoms with van der Waals surface area (Å²) < 4.78 is 12.1. The molecule has 0 saturated heterocycles. The zero-order valence-electron chi connectivity index (χ0n) is 12.4. The Labute approximate surface area is 119 Å². The van der Waals surface area contributed by atoms with Crippen molar-refractivity contribution in [2.24, 2.45) is 0 Å². The monoisotopic (exact) mass is 276 g/mol. The normalized spacial score (nSPS) is 14.5. The summed E-state index contributed by atoms with van der Waals surface area (Å²) in [5, 5.41) is 0. The molecule has 0 fully saturated rings. The van der Waals surface area contributed by atoms with Crippen molar-refractivity contribution in [1.82, 2.24) is 0 Å². The number of rotatable bonds is 6. The molecule has 104 valence electrons. The van der Waals surface area contributed by atoms with Crippen LogP contribution in [0.2, 0.25) is 0 Å². The fraction of sp³-hybridized carbons (Fsp3) is 0.412. The van der Waals surface area contributed by atoms with Gasteiger partial charge in [-0.25, -0.2) is 0 Å². The highest BCUT2D eigenvalue weighted by molar-refractivity contribution is 7.85. The van der Waals surface area contributed by atoms with Gasteiger partial charge in [-0.3, -0.25) is 4.21 Å². The Hall–Kier alpha value is -1.15. The van der Waals surface area contributed by atoms with Crippen LogP contribution in [-0.4, -0.2) is 9.96 Å². The van der Waals surface area contributed by atoms with E-state index in [4.69, 9.17) is 0 Å². The van der Waals surface area contributed by atoms with E-state index < -0.39 is 10.8 Å². The van der Waals surface area contributed by atoms with Crippen molar-refractivity contribution in [3.63, 3.8) is 0 Å². The summed E-state index contributed by atoms with van der Waals surface area (Å²) in [6, 6.07) is 7.94. The van der Waals surface area contributed by atoms with E-state index in [0.29, 0.717) is 5.75 Å². The molecule has 0 amide bonds. The second kappa shape index (κ2) is 8.11. The number of benzene rings is 1. The molecule has 19 heavy (non-hydrogen) atoms. The maximum atomic E-state index is 12.1. The van der Waals surface area contributed by atoms with Crippen LogP contribution in [0.4, 0.5) is 0 Å². The Morgan fingerprint density at radius 2 is 1.68 bits per heavy atom. The molecule has 1 aromatic carbocycles. The molecule has 1 atom stereocenters. The maximum Gasteiger partial charge on any atom is 0.0568 e. The Morgan fingerprint density at radius 1 is 1.11 bits per heavy atom. The van der Waals surface area contributed by atoms with Crippen molar-refractivity contribution >= 4 is 10.8 Å². The van der Waals surface area contributed by atoms with E-state index in [1.165, 1.54) is 16.7 Å². The second-order valence-corrected chi connectivity index (χ2v) is 6.51. The third-order valence-corrected chi connectivity index (χ3v) is 4.54. The number of hydrogen-bond acceptors (Lipinski definition) is 1. The lowest BCUT2D eigenvalue weighted by atomic mass is 10.1. The van der Waals surface area contributed by atoms with Crippen LogP contribution in [-0.2, 0) is 10.8 Å². The minimum Gasteiger partial charge on any atom is -0.254 e. The van der Waals surface area contributed by atoms with Crippen molar-refractivity contribution in [1.29, 1.82) is 0 Å². The lowest BCUT2D eigenvalue weighted by Gasteiger charge is -2.03. The molecule has 0 N–H and O–H groups in total. The summed E-state index contributed by atoms with van der Waals surface area (Å²) in [4.78, 5) is 0.916. The van der Waals surface area contributed by atoms with Gasteiger partial charge in [-0.15, -0.1) is 0 Å². The van der Waals surface area contributed by atoms with Gasteiger partial charge in [-0.05, 0) is 52.7 Å². The fourth-order valence-corrected chi connectivity index (χ4v) is 2.71. The molecule has 0 spiro atoms. The lowest BCUT2D eigenvalue weighted by Crippen LogP contribution is -1.96. The molecule has 2 heteroatoms. The van der Waals surface area contributed by atoms with Crippen LogP contribution in [0.25, 0.3) is 0 Å². The first-order chi connectivity index (χ1) is 9.02. The van der Waals surface area contributed by atoms with Gasteiger partial charge in [-0.1, -0.05) is 41.0 Å². The Bertz CT molecular complexity index is 480. The number of aryl methyl sites for hydroxylation is 1. The lowest BCUT2D eigenvalue weighted by molar-refractivity contribution is 0.685. The van der Waals surface area contributed by atoms with Crippen LogP contribution in [0.3, 0.4) is 0 Å². The molecule has 0 radical (unpaired) electrons. The predicted octanol–water partition coefficient (Wildman–Crippen LogP) is 4.80. The smallest absolute Gasteiger partial charge is 0.0568 e. The van der Waals surface area contributed by atoms with Gasteiger partial charge < -0.3 is 0 Å². The van der Waals surface area contributed by atoms with E-state index in [2.05, 4.69) is 32.9 Å². The highest BCUT2D eigenvalue weighted by Gasteiger charge is 2.01.